The van der Waals surface area contributed by atoms with Gasteiger partial charge in [-0.1, -0.05) is 0 Å². The van der Waals surface area contributed by atoms with Crippen LogP contribution in [0.5, 0.6) is 0 Å². The van der Waals surface area contributed by atoms with Crippen molar-refractivity contribution in [1.82, 2.24) is 15.7 Å². The first-order valence-corrected chi connectivity index (χ1v) is 11.0. The number of halogens is 4. The van der Waals surface area contributed by atoms with Crippen LogP contribution in [0.4, 0.5) is 23.2 Å². The van der Waals surface area contributed by atoms with Crippen molar-refractivity contribution in [3.8, 4) is 0 Å². The van der Waals surface area contributed by atoms with Crippen LogP contribution in [0.15, 0.2) is 18.2 Å². The van der Waals surface area contributed by atoms with Gasteiger partial charge in [0.1, 0.15) is 24.3 Å². The minimum atomic E-state index is -5.42. The van der Waals surface area contributed by atoms with Gasteiger partial charge in [0.05, 0.1) is 5.56 Å². The van der Waals surface area contributed by atoms with Crippen molar-refractivity contribution in [3.05, 3.63) is 29.6 Å². The number of benzene rings is 1. The molecule has 1 spiro atoms. The van der Waals surface area contributed by atoms with Gasteiger partial charge in [-0.3, -0.25) is 10.1 Å². The topological polar surface area (TPSA) is 114 Å². The Morgan fingerprint density at radius 2 is 1.82 bits per heavy atom. The molecule has 188 valence electrons. The highest BCUT2D eigenvalue weighted by atomic mass is 19.4. The lowest BCUT2D eigenvalue weighted by atomic mass is 9.72. The maximum atomic E-state index is 14.9. The van der Waals surface area contributed by atoms with Gasteiger partial charge < -0.3 is 25.3 Å². The van der Waals surface area contributed by atoms with Crippen molar-refractivity contribution in [2.75, 3.05) is 31.1 Å². The molecule has 3 unspecified atom stereocenters. The largest absolute Gasteiger partial charge is 0.493 e. The van der Waals surface area contributed by atoms with Gasteiger partial charge in [-0.05, 0) is 57.0 Å². The van der Waals surface area contributed by atoms with E-state index >= 15 is 0 Å². The maximum absolute atomic E-state index is 14.9. The molecule has 0 aromatic heterocycles. The molecule has 0 saturated carbocycles. The van der Waals surface area contributed by atoms with Gasteiger partial charge in [0.15, 0.2) is 0 Å². The Kier molecular flexibility index (Phi) is 6.73. The van der Waals surface area contributed by atoms with E-state index in [0.29, 0.717) is 5.69 Å². The molecule has 3 aliphatic heterocycles. The third-order valence-corrected chi connectivity index (χ3v) is 6.64. The molecule has 3 fully saturated rings. The number of nitrogens with zero attached hydrogens (tertiary/aromatic N) is 2. The number of hydrogen-bond acceptors (Lipinski definition) is 8. The van der Waals surface area contributed by atoms with Gasteiger partial charge in [0, 0.05) is 24.2 Å². The molecule has 9 nitrogen and oxygen atoms in total. The fraction of sp³-hybridized carbons (Fsp3) is 0.619. The molecular weight excluding hydrogens is 464 g/mol. The summed E-state index contributed by atoms with van der Waals surface area (Å²) < 4.78 is 53.4. The molecule has 13 heteroatoms. The summed E-state index contributed by atoms with van der Waals surface area (Å²) in [6.07, 6.45) is -6.53. The molecule has 3 heterocycles. The predicted molar refractivity (Wildman–Crippen MR) is 110 cm³/mol. The second kappa shape index (κ2) is 9.29. The first kappa shape index (κ1) is 24.6. The predicted octanol–water partition coefficient (Wildman–Crippen LogP) is 0.867. The molecule has 1 aromatic rings. The minimum absolute atomic E-state index is 0.0328. The van der Waals surface area contributed by atoms with E-state index in [1.807, 2.05) is 4.90 Å². The van der Waals surface area contributed by atoms with Crippen LogP contribution >= 0.6 is 0 Å². The molecule has 4 N–H and O–H groups in total. The van der Waals surface area contributed by atoms with Gasteiger partial charge in [-0.15, -0.1) is 0 Å². The van der Waals surface area contributed by atoms with Gasteiger partial charge in [0.2, 0.25) is 0 Å². The number of alkyl halides is 3. The molecule has 0 bridgehead atoms. The molecule has 34 heavy (non-hydrogen) atoms. The third kappa shape index (κ3) is 4.97. The van der Waals surface area contributed by atoms with Crippen molar-refractivity contribution < 1.29 is 42.2 Å². The summed E-state index contributed by atoms with van der Waals surface area (Å²) in [5.74, 6) is -5.05. The van der Waals surface area contributed by atoms with Crippen LogP contribution in [0, 0.1) is 11.2 Å². The number of piperidine rings is 2. The van der Waals surface area contributed by atoms with Crippen molar-refractivity contribution in [2.45, 2.75) is 50.4 Å². The van der Waals surface area contributed by atoms with Gasteiger partial charge in [0.25, 0.3) is 5.91 Å². The normalized spacial score (nSPS) is 26.6. The number of aliphatic hydroxyl groups excluding tert-OH is 2. The number of rotatable bonds is 3. The highest BCUT2D eigenvalue weighted by Crippen LogP contribution is 2.41. The Labute approximate surface area is 192 Å². The number of nitrogens with one attached hydrogen (secondary N) is 2. The number of hydroxylamine groups is 2. The lowest BCUT2D eigenvalue weighted by Crippen LogP contribution is -2.60. The Hall–Kier alpha value is -2.48. The molecule has 3 saturated heterocycles. The second-order valence-corrected chi connectivity index (χ2v) is 9.05. The summed E-state index contributed by atoms with van der Waals surface area (Å²) in [5.41, 5.74) is 0.0849. The van der Waals surface area contributed by atoms with Crippen LogP contribution in [0.3, 0.4) is 0 Å². The Morgan fingerprint density at radius 3 is 2.41 bits per heavy atom. The maximum Gasteiger partial charge on any atom is 0.493 e. The summed E-state index contributed by atoms with van der Waals surface area (Å²) in [6.45, 7) is 3.31. The Balaban J connectivity index is 1.53. The lowest BCUT2D eigenvalue weighted by molar-refractivity contribution is -0.242. The molecular formula is C21H26F4N4O5. The molecule has 4 rings (SSSR count). The van der Waals surface area contributed by atoms with Gasteiger partial charge in [-0.25, -0.2) is 9.18 Å². The molecule has 3 aliphatic rings. The van der Waals surface area contributed by atoms with Crippen LogP contribution in [0.25, 0.3) is 0 Å². The number of hydrogen-bond donors (Lipinski definition) is 4. The number of amides is 1. The number of carbonyl (C=O) groups is 2. The van der Waals surface area contributed by atoms with E-state index in [4.69, 9.17) is 0 Å². The van der Waals surface area contributed by atoms with E-state index in [1.165, 1.54) is 6.07 Å². The van der Waals surface area contributed by atoms with E-state index in [9.17, 15) is 37.4 Å². The number of aliphatic hydroxyl groups is 2. The average molecular weight is 490 g/mol. The monoisotopic (exact) mass is 490 g/mol. The van der Waals surface area contributed by atoms with Crippen molar-refractivity contribution >= 4 is 17.6 Å². The first-order chi connectivity index (χ1) is 16.0. The van der Waals surface area contributed by atoms with E-state index in [1.54, 1.807) is 0 Å². The van der Waals surface area contributed by atoms with Crippen LogP contribution in [0.2, 0.25) is 0 Å². The second-order valence-electron chi connectivity index (χ2n) is 9.05. The number of carbonyl (C=O) groups excluding carboxylic acids is 2. The summed E-state index contributed by atoms with van der Waals surface area (Å²) in [4.78, 5) is 30.7. The van der Waals surface area contributed by atoms with Crippen LogP contribution in [-0.2, 0) is 9.63 Å². The molecule has 3 atom stereocenters. The molecule has 1 aromatic carbocycles. The summed E-state index contributed by atoms with van der Waals surface area (Å²) in [5, 5.41) is 25.3. The number of anilines is 1. The minimum Gasteiger partial charge on any atom is -0.379 e. The van der Waals surface area contributed by atoms with E-state index < -0.39 is 47.9 Å². The smallest absolute Gasteiger partial charge is 0.379 e. The van der Waals surface area contributed by atoms with E-state index in [2.05, 4.69) is 15.5 Å². The van der Waals surface area contributed by atoms with E-state index in [-0.39, 0.29) is 23.3 Å². The molecule has 0 radical (unpaired) electrons. The SMILES string of the molecule is O=C(c1ccc(N2CC3(CCNCC3)C2)cc1F)N(OC(=O)C(F)(F)F)C1CCC(O)NC1O. The zero-order valence-electron chi connectivity index (χ0n) is 18.1. The molecule has 0 aliphatic carbocycles. The highest BCUT2D eigenvalue weighted by Gasteiger charge is 2.47. The van der Waals surface area contributed by atoms with Crippen LogP contribution < -0.4 is 15.5 Å². The quantitative estimate of drug-likeness (QED) is 0.365. The third-order valence-electron chi connectivity index (χ3n) is 6.64. The Bertz CT molecular complexity index is 932. The summed E-state index contributed by atoms with van der Waals surface area (Å²) in [7, 11) is 0. The average Bonchev–Trinajstić information content (AvgIpc) is 2.75. The van der Waals surface area contributed by atoms with E-state index in [0.717, 1.165) is 51.2 Å². The van der Waals surface area contributed by atoms with Crippen molar-refractivity contribution in [1.29, 1.82) is 0 Å². The van der Waals surface area contributed by atoms with Crippen LogP contribution in [-0.4, -0.2) is 78.0 Å². The zero-order valence-corrected chi connectivity index (χ0v) is 18.1. The van der Waals surface area contributed by atoms with Crippen LogP contribution in [0.1, 0.15) is 36.0 Å². The van der Waals surface area contributed by atoms with Gasteiger partial charge >= 0.3 is 12.1 Å². The van der Waals surface area contributed by atoms with Crippen molar-refractivity contribution in [3.63, 3.8) is 0 Å². The standard InChI is InChI=1S/C21H26F4N4O5/c22-14-9-12(28-10-20(11-28)5-7-26-8-6-20)1-2-13(14)18(32)29(34-19(33)21(23,24)25)15-3-4-16(30)27-17(15)31/h1-2,9,15-17,26-27,30-31H,3-8,10-11H2. The van der Waals surface area contributed by atoms with Gasteiger partial charge in [-0.2, -0.15) is 18.2 Å². The molecule has 1 amide bonds. The summed E-state index contributed by atoms with van der Waals surface area (Å²) in [6, 6.07) is 2.24. The van der Waals surface area contributed by atoms with Crippen molar-refractivity contribution in [2.24, 2.45) is 5.41 Å². The lowest BCUT2D eigenvalue weighted by Gasteiger charge is -2.53. The fourth-order valence-corrected chi connectivity index (χ4v) is 4.74. The summed E-state index contributed by atoms with van der Waals surface area (Å²) >= 11 is 0. The highest BCUT2D eigenvalue weighted by molar-refractivity contribution is 5.95. The zero-order chi connectivity index (χ0) is 24.7. The Morgan fingerprint density at radius 1 is 1.15 bits per heavy atom. The fourth-order valence-electron chi connectivity index (χ4n) is 4.74. The first-order valence-electron chi connectivity index (χ1n) is 11.0.